The zero-order chi connectivity index (χ0) is 19.7. The van der Waals surface area contributed by atoms with Gasteiger partial charge in [0.2, 0.25) is 0 Å². The zero-order valence-electron chi connectivity index (χ0n) is 16.7. The molecular formula is C23H26N3O2+. The fourth-order valence-corrected chi connectivity index (χ4v) is 3.87. The molecular weight excluding hydrogens is 350 g/mol. The maximum atomic E-state index is 12.7. The summed E-state index contributed by atoms with van der Waals surface area (Å²) in [5.41, 5.74) is 5.46. The minimum Gasteiger partial charge on any atom is -0.497 e. The Labute approximate surface area is 165 Å². The van der Waals surface area contributed by atoms with Crippen molar-refractivity contribution in [3.05, 3.63) is 65.6 Å². The lowest BCUT2D eigenvalue weighted by Crippen LogP contribution is -2.42. The van der Waals surface area contributed by atoms with E-state index in [0.29, 0.717) is 6.54 Å². The number of hydrogen-bond acceptors (Lipinski definition) is 2. The Morgan fingerprint density at radius 3 is 2.71 bits per heavy atom. The summed E-state index contributed by atoms with van der Waals surface area (Å²) in [4.78, 5) is 12.7. The van der Waals surface area contributed by atoms with E-state index in [1.807, 2.05) is 31.2 Å². The number of rotatable bonds is 5. The Kier molecular flexibility index (Phi) is 4.90. The lowest BCUT2D eigenvalue weighted by molar-refractivity contribution is -0.690. The van der Waals surface area contributed by atoms with Crippen LogP contribution in [-0.4, -0.2) is 17.6 Å². The molecule has 0 spiro atoms. The number of imidazole rings is 1. The molecule has 0 bridgehead atoms. The van der Waals surface area contributed by atoms with E-state index < -0.39 is 0 Å². The number of anilines is 1. The summed E-state index contributed by atoms with van der Waals surface area (Å²) in [5, 5.41) is 3.07. The van der Waals surface area contributed by atoms with Gasteiger partial charge in [-0.3, -0.25) is 4.79 Å². The van der Waals surface area contributed by atoms with Crippen LogP contribution in [0, 0.1) is 13.8 Å². The van der Waals surface area contributed by atoms with Crippen molar-refractivity contribution in [2.75, 3.05) is 12.4 Å². The van der Waals surface area contributed by atoms with Crippen LogP contribution in [-0.2, 0) is 24.3 Å². The van der Waals surface area contributed by atoms with Crippen LogP contribution in [0.2, 0.25) is 0 Å². The second kappa shape index (κ2) is 7.50. The van der Waals surface area contributed by atoms with Crippen molar-refractivity contribution in [1.29, 1.82) is 0 Å². The number of benzene rings is 2. The average Bonchev–Trinajstić information content (AvgIpc) is 3.30. The van der Waals surface area contributed by atoms with Gasteiger partial charge in [0.15, 0.2) is 12.2 Å². The van der Waals surface area contributed by atoms with E-state index in [1.165, 1.54) is 11.4 Å². The second-order valence-corrected chi connectivity index (χ2v) is 7.34. The monoisotopic (exact) mass is 376 g/mol. The number of methoxy groups -OCH3 is 1. The topological polar surface area (TPSA) is 47.1 Å². The normalized spacial score (nSPS) is 12.7. The first-order valence-corrected chi connectivity index (χ1v) is 9.69. The lowest BCUT2D eigenvalue weighted by atomic mass is 10.1. The molecule has 0 aliphatic carbocycles. The number of aromatic nitrogens is 2. The van der Waals surface area contributed by atoms with E-state index in [9.17, 15) is 4.79 Å². The van der Waals surface area contributed by atoms with Crippen molar-refractivity contribution in [3.63, 3.8) is 0 Å². The highest BCUT2D eigenvalue weighted by molar-refractivity contribution is 5.90. The smallest absolute Gasteiger partial charge is 0.266 e. The number of nitrogens with zero attached hydrogens (tertiary/aromatic N) is 2. The van der Waals surface area contributed by atoms with Gasteiger partial charge in [0, 0.05) is 11.3 Å². The van der Waals surface area contributed by atoms with E-state index in [0.717, 1.165) is 47.6 Å². The first-order valence-electron chi connectivity index (χ1n) is 9.69. The molecule has 0 fully saturated rings. The highest BCUT2D eigenvalue weighted by atomic mass is 16.5. The molecule has 5 nitrogen and oxygen atoms in total. The minimum absolute atomic E-state index is 0.000260. The van der Waals surface area contributed by atoms with Gasteiger partial charge < -0.3 is 10.1 Å². The van der Waals surface area contributed by atoms with Gasteiger partial charge in [-0.15, -0.1) is 0 Å². The molecule has 5 heteroatoms. The molecule has 0 atom stereocenters. The Morgan fingerprint density at radius 1 is 1.18 bits per heavy atom. The van der Waals surface area contributed by atoms with E-state index >= 15 is 0 Å². The number of ether oxygens (including phenoxy) is 1. The Balaban J connectivity index is 1.58. The molecule has 1 N–H and O–H groups in total. The molecule has 1 aliphatic rings. The van der Waals surface area contributed by atoms with E-state index in [-0.39, 0.29) is 5.91 Å². The number of carbonyl (C=O) groups excluding carboxylic acids is 1. The number of nitrogens with one attached hydrogen (secondary N) is 1. The highest BCUT2D eigenvalue weighted by Crippen LogP contribution is 2.26. The quantitative estimate of drug-likeness (QED) is 0.691. The molecule has 0 saturated heterocycles. The van der Waals surface area contributed by atoms with Crippen molar-refractivity contribution in [3.8, 4) is 17.0 Å². The van der Waals surface area contributed by atoms with Crippen LogP contribution in [0.25, 0.3) is 11.3 Å². The third-order valence-electron chi connectivity index (χ3n) is 5.57. The predicted molar refractivity (Wildman–Crippen MR) is 109 cm³/mol. The molecule has 3 aromatic rings. The Bertz CT molecular complexity index is 1020. The van der Waals surface area contributed by atoms with Crippen LogP contribution in [0.3, 0.4) is 0 Å². The number of carbonyl (C=O) groups is 1. The van der Waals surface area contributed by atoms with Crippen molar-refractivity contribution >= 4 is 11.6 Å². The molecule has 2 aromatic carbocycles. The summed E-state index contributed by atoms with van der Waals surface area (Å²) >= 11 is 0. The van der Waals surface area contributed by atoms with Gasteiger partial charge in [0.25, 0.3) is 11.7 Å². The van der Waals surface area contributed by atoms with Gasteiger partial charge >= 0.3 is 0 Å². The van der Waals surface area contributed by atoms with E-state index in [2.05, 4.69) is 45.8 Å². The molecule has 2 heterocycles. The maximum absolute atomic E-state index is 12.7. The molecule has 0 unspecified atom stereocenters. The second-order valence-electron chi connectivity index (χ2n) is 7.34. The van der Waals surface area contributed by atoms with Crippen molar-refractivity contribution < 1.29 is 14.1 Å². The summed E-state index contributed by atoms with van der Waals surface area (Å²) in [5.74, 6) is 2.06. The van der Waals surface area contributed by atoms with E-state index in [1.54, 1.807) is 7.11 Å². The summed E-state index contributed by atoms with van der Waals surface area (Å²) in [6.07, 6.45) is 4.20. The summed E-state index contributed by atoms with van der Waals surface area (Å²) < 4.78 is 9.68. The Hall–Kier alpha value is -3.08. The predicted octanol–water partition coefficient (Wildman–Crippen LogP) is 3.65. The molecule has 144 valence electrons. The van der Waals surface area contributed by atoms with Gasteiger partial charge in [0.05, 0.1) is 20.1 Å². The minimum atomic E-state index is 0.000260. The van der Waals surface area contributed by atoms with Crippen LogP contribution < -0.4 is 14.6 Å². The Morgan fingerprint density at radius 2 is 1.96 bits per heavy atom. The zero-order valence-corrected chi connectivity index (χ0v) is 16.7. The number of hydrogen-bond donors (Lipinski definition) is 1. The largest absolute Gasteiger partial charge is 0.497 e. The molecule has 28 heavy (non-hydrogen) atoms. The molecule has 0 radical (unpaired) electrons. The third-order valence-corrected chi connectivity index (χ3v) is 5.57. The summed E-state index contributed by atoms with van der Waals surface area (Å²) in [6.45, 7) is 5.40. The van der Waals surface area contributed by atoms with Crippen molar-refractivity contribution in [2.24, 2.45) is 0 Å². The van der Waals surface area contributed by atoms with Crippen LogP contribution in [0.1, 0.15) is 23.4 Å². The third kappa shape index (κ3) is 3.40. The van der Waals surface area contributed by atoms with E-state index in [4.69, 9.17) is 4.74 Å². The first-order chi connectivity index (χ1) is 13.6. The van der Waals surface area contributed by atoms with Gasteiger partial charge in [0.1, 0.15) is 11.9 Å². The molecule has 1 amide bonds. The standard InChI is InChI=1S/C23H25N3O2/c1-16-6-4-7-20(17(16)2)24-22(27)15-25-14-21(26-13-5-8-23(25)26)18-9-11-19(28-3)12-10-18/h4,6-7,9-12,14H,5,8,13,15H2,1-3H3/p+1. The van der Waals surface area contributed by atoms with Crippen LogP contribution in [0.15, 0.2) is 48.7 Å². The van der Waals surface area contributed by atoms with Crippen LogP contribution >= 0.6 is 0 Å². The number of fused-ring (bicyclic) bond motifs is 1. The summed E-state index contributed by atoms with van der Waals surface area (Å²) in [6, 6.07) is 14.1. The first kappa shape index (κ1) is 18.3. The molecule has 1 aromatic heterocycles. The molecule has 0 saturated carbocycles. The fourth-order valence-electron chi connectivity index (χ4n) is 3.87. The number of amides is 1. The SMILES string of the molecule is COc1ccc(-c2c[n+](CC(=O)Nc3cccc(C)c3C)c3n2CCC3)cc1. The van der Waals surface area contributed by atoms with Gasteiger partial charge in [-0.25, -0.2) is 9.13 Å². The number of aryl methyl sites for hydroxylation is 1. The maximum Gasteiger partial charge on any atom is 0.266 e. The average molecular weight is 376 g/mol. The van der Waals surface area contributed by atoms with Gasteiger partial charge in [-0.05, 0) is 61.7 Å². The van der Waals surface area contributed by atoms with Crippen LogP contribution in [0.4, 0.5) is 5.69 Å². The van der Waals surface area contributed by atoms with Crippen molar-refractivity contribution in [2.45, 2.75) is 39.8 Å². The molecule has 4 rings (SSSR count). The van der Waals surface area contributed by atoms with Gasteiger partial charge in [-0.1, -0.05) is 12.1 Å². The van der Waals surface area contributed by atoms with Crippen molar-refractivity contribution in [1.82, 2.24) is 4.57 Å². The lowest BCUT2D eigenvalue weighted by Gasteiger charge is -2.09. The highest BCUT2D eigenvalue weighted by Gasteiger charge is 2.29. The fraction of sp³-hybridized carbons (Fsp3) is 0.304. The van der Waals surface area contributed by atoms with Crippen LogP contribution in [0.5, 0.6) is 5.75 Å². The summed E-state index contributed by atoms with van der Waals surface area (Å²) in [7, 11) is 1.67. The molecule has 1 aliphatic heterocycles. The van der Waals surface area contributed by atoms with Gasteiger partial charge in [-0.2, -0.15) is 0 Å².